The van der Waals surface area contributed by atoms with Gasteiger partial charge in [0.1, 0.15) is 5.82 Å². The molecule has 0 unspecified atom stereocenters. The van der Waals surface area contributed by atoms with Crippen LogP contribution in [0.25, 0.3) is 22.0 Å². The van der Waals surface area contributed by atoms with Gasteiger partial charge < -0.3 is 5.32 Å². The van der Waals surface area contributed by atoms with Gasteiger partial charge in [-0.05, 0) is 53.9 Å². The maximum atomic E-state index is 13.5. The number of H-pyrrole nitrogens is 1. The van der Waals surface area contributed by atoms with Gasteiger partial charge in [-0.25, -0.2) is 13.8 Å². The van der Waals surface area contributed by atoms with Crippen LogP contribution >= 0.6 is 0 Å². The van der Waals surface area contributed by atoms with E-state index in [0.717, 1.165) is 27.8 Å². The number of carbonyl (C=O) groups is 1. The van der Waals surface area contributed by atoms with E-state index in [9.17, 15) is 13.6 Å². The van der Waals surface area contributed by atoms with Gasteiger partial charge in [-0.3, -0.25) is 19.8 Å². The van der Waals surface area contributed by atoms with Gasteiger partial charge in [0.15, 0.2) is 5.69 Å². The summed E-state index contributed by atoms with van der Waals surface area (Å²) < 4.78 is 27.0. The number of nitrogens with one attached hydrogen (secondary N) is 2. The fraction of sp³-hybridized carbons (Fsp3) is 0.250. The van der Waals surface area contributed by atoms with Gasteiger partial charge in [0.25, 0.3) is 11.8 Å². The number of aromatic amines is 1. The van der Waals surface area contributed by atoms with Crippen molar-refractivity contribution in [3.63, 3.8) is 0 Å². The predicted octanol–water partition coefficient (Wildman–Crippen LogP) is 4.42. The van der Waals surface area contributed by atoms with Crippen LogP contribution in [0.1, 0.15) is 28.0 Å². The Morgan fingerprint density at radius 2 is 2.06 bits per heavy atom. The first kappa shape index (κ1) is 21.1. The first-order valence-electron chi connectivity index (χ1n) is 10.6. The predicted molar refractivity (Wildman–Crippen MR) is 121 cm³/mol. The molecule has 2 N–H and O–H groups in total. The average Bonchev–Trinajstić information content (AvgIpc) is 3.36. The van der Waals surface area contributed by atoms with Crippen LogP contribution in [0.3, 0.4) is 0 Å². The van der Waals surface area contributed by atoms with Crippen molar-refractivity contribution in [2.75, 3.05) is 18.4 Å². The molecule has 5 rings (SSSR count). The molecule has 1 aliphatic rings. The number of pyridine rings is 2. The van der Waals surface area contributed by atoms with Crippen LogP contribution in [0, 0.1) is 6.92 Å². The highest BCUT2D eigenvalue weighted by Crippen LogP contribution is 2.29. The molecule has 0 aliphatic carbocycles. The molecule has 0 atom stereocenters. The van der Waals surface area contributed by atoms with Gasteiger partial charge >= 0.3 is 0 Å². The lowest BCUT2D eigenvalue weighted by Gasteiger charge is -2.15. The first-order valence-corrected chi connectivity index (χ1v) is 10.6. The van der Waals surface area contributed by atoms with Gasteiger partial charge in [0, 0.05) is 49.1 Å². The van der Waals surface area contributed by atoms with Gasteiger partial charge in [-0.1, -0.05) is 6.07 Å². The number of aromatic nitrogens is 4. The summed E-state index contributed by atoms with van der Waals surface area (Å²) in [5.74, 6) is -2.53. The zero-order chi connectivity index (χ0) is 23.0. The minimum absolute atomic E-state index is 0.111. The number of likely N-dealkylation sites (tertiary alicyclic amines) is 1. The van der Waals surface area contributed by atoms with Crippen LogP contribution in [0.15, 0.2) is 55.0 Å². The molecule has 0 bridgehead atoms. The number of carbonyl (C=O) groups excluding carboxylic acids is 1. The molecule has 33 heavy (non-hydrogen) atoms. The summed E-state index contributed by atoms with van der Waals surface area (Å²) in [5.41, 5.74) is 4.53. The second-order valence-corrected chi connectivity index (χ2v) is 8.40. The van der Waals surface area contributed by atoms with Crippen molar-refractivity contribution >= 4 is 22.6 Å². The molecule has 0 spiro atoms. The lowest BCUT2D eigenvalue weighted by molar-refractivity contribution is 0.0115. The number of hydrogen-bond donors (Lipinski definition) is 2. The molecule has 1 aromatic carbocycles. The molecular weight excluding hydrogens is 426 g/mol. The lowest BCUT2D eigenvalue weighted by Crippen LogP contribution is -2.24. The fourth-order valence-electron chi connectivity index (χ4n) is 4.08. The largest absolute Gasteiger partial charge is 0.305 e. The third-order valence-electron chi connectivity index (χ3n) is 5.72. The average molecular weight is 448 g/mol. The third kappa shape index (κ3) is 4.58. The highest BCUT2D eigenvalue weighted by Gasteiger charge is 2.37. The van der Waals surface area contributed by atoms with Crippen LogP contribution in [0.4, 0.5) is 14.6 Å². The number of aryl methyl sites for hydroxylation is 1. The second kappa shape index (κ2) is 8.32. The quantitative estimate of drug-likeness (QED) is 0.472. The van der Waals surface area contributed by atoms with Crippen molar-refractivity contribution in [2.45, 2.75) is 25.8 Å². The topological polar surface area (TPSA) is 86.8 Å². The minimum atomic E-state index is -2.62. The Labute approximate surface area is 188 Å². The minimum Gasteiger partial charge on any atom is -0.305 e. The fourth-order valence-corrected chi connectivity index (χ4v) is 4.08. The Hall–Kier alpha value is -3.72. The summed E-state index contributed by atoms with van der Waals surface area (Å²) in [6.07, 6.45) is 4.94. The monoisotopic (exact) mass is 448 g/mol. The van der Waals surface area contributed by atoms with Crippen LogP contribution in [-0.4, -0.2) is 50.0 Å². The maximum Gasteiger partial charge on any atom is 0.277 e. The van der Waals surface area contributed by atoms with Crippen LogP contribution in [0.5, 0.6) is 0 Å². The number of rotatable bonds is 5. The van der Waals surface area contributed by atoms with E-state index >= 15 is 0 Å². The number of anilines is 1. The lowest BCUT2D eigenvalue weighted by atomic mass is 10.0. The van der Waals surface area contributed by atoms with E-state index in [1.165, 1.54) is 0 Å². The summed E-state index contributed by atoms with van der Waals surface area (Å²) in [4.78, 5) is 23.0. The van der Waals surface area contributed by atoms with Crippen molar-refractivity contribution in [3.8, 4) is 11.1 Å². The zero-order valence-corrected chi connectivity index (χ0v) is 18.0. The smallest absolute Gasteiger partial charge is 0.277 e. The molecule has 0 saturated carbocycles. The van der Waals surface area contributed by atoms with E-state index < -0.39 is 5.92 Å². The summed E-state index contributed by atoms with van der Waals surface area (Å²) in [5, 5.41) is 10.5. The number of halogens is 2. The normalized spacial score (nSPS) is 15.7. The zero-order valence-electron chi connectivity index (χ0n) is 18.0. The molecule has 9 heteroatoms. The SMILES string of the molecule is Cc1ccnc(NC(=O)c2n[nH]c3ccc(-c4cncc(CN5CCC(F)(F)C5)c4)cc23)c1. The molecule has 1 amide bonds. The van der Waals surface area contributed by atoms with E-state index in [0.29, 0.717) is 24.3 Å². The summed E-state index contributed by atoms with van der Waals surface area (Å²) >= 11 is 0. The van der Waals surface area contributed by atoms with Crippen molar-refractivity contribution in [3.05, 3.63) is 71.8 Å². The first-order chi connectivity index (χ1) is 15.9. The number of alkyl halides is 2. The van der Waals surface area contributed by atoms with E-state index in [2.05, 4.69) is 25.5 Å². The Kier molecular flexibility index (Phi) is 5.33. The van der Waals surface area contributed by atoms with Crippen molar-refractivity contribution in [1.29, 1.82) is 0 Å². The number of hydrogen-bond acceptors (Lipinski definition) is 5. The highest BCUT2D eigenvalue weighted by atomic mass is 19.3. The van der Waals surface area contributed by atoms with Gasteiger partial charge in [0.05, 0.1) is 12.1 Å². The Bertz CT molecular complexity index is 1340. The molecule has 3 aromatic heterocycles. The summed E-state index contributed by atoms with van der Waals surface area (Å²) in [6.45, 7) is 2.48. The van der Waals surface area contributed by atoms with Crippen molar-refractivity contribution < 1.29 is 13.6 Å². The van der Waals surface area contributed by atoms with E-state index in [1.54, 1.807) is 29.6 Å². The summed E-state index contributed by atoms with van der Waals surface area (Å²) in [6, 6.07) is 11.2. The molecule has 7 nitrogen and oxygen atoms in total. The van der Waals surface area contributed by atoms with Crippen LogP contribution in [-0.2, 0) is 6.54 Å². The molecule has 1 saturated heterocycles. The molecular formula is C24H22F2N6O. The highest BCUT2D eigenvalue weighted by molar-refractivity contribution is 6.11. The molecule has 1 aliphatic heterocycles. The van der Waals surface area contributed by atoms with E-state index in [1.807, 2.05) is 37.3 Å². The van der Waals surface area contributed by atoms with Crippen molar-refractivity contribution in [2.24, 2.45) is 0 Å². The van der Waals surface area contributed by atoms with Crippen LogP contribution < -0.4 is 5.32 Å². The van der Waals surface area contributed by atoms with Crippen LogP contribution in [0.2, 0.25) is 0 Å². The Balaban J connectivity index is 1.40. The second-order valence-electron chi connectivity index (χ2n) is 8.40. The van der Waals surface area contributed by atoms with Gasteiger partial charge in [-0.15, -0.1) is 0 Å². The van der Waals surface area contributed by atoms with E-state index in [-0.39, 0.29) is 24.6 Å². The van der Waals surface area contributed by atoms with Crippen molar-refractivity contribution in [1.82, 2.24) is 25.1 Å². The van der Waals surface area contributed by atoms with Gasteiger partial charge in [0.2, 0.25) is 0 Å². The number of fused-ring (bicyclic) bond motifs is 1. The summed E-state index contributed by atoms with van der Waals surface area (Å²) in [7, 11) is 0. The standard InChI is InChI=1S/C24H22F2N6O/c1-15-4-6-28-21(8-15)29-23(33)22-19-10-17(2-3-20(19)30-31-22)18-9-16(11-27-12-18)13-32-7-5-24(25,26)14-32/h2-4,6,8-12H,5,7,13-14H2,1H3,(H,30,31)(H,28,29,33). The molecule has 0 radical (unpaired) electrons. The molecule has 4 aromatic rings. The van der Waals surface area contributed by atoms with E-state index in [4.69, 9.17) is 0 Å². The number of nitrogens with zero attached hydrogens (tertiary/aromatic N) is 4. The Morgan fingerprint density at radius 3 is 2.85 bits per heavy atom. The Morgan fingerprint density at radius 1 is 1.18 bits per heavy atom. The third-order valence-corrected chi connectivity index (χ3v) is 5.72. The molecule has 4 heterocycles. The number of amides is 1. The molecule has 168 valence electrons. The maximum absolute atomic E-state index is 13.5. The number of benzene rings is 1. The molecule has 1 fully saturated rings. The van der Waals surface area contributed by atoms with Gasteiger partial charge in [-0.2, -0.15) is 5.10 Å².